The van der Waals surface area contributed by atoms with Gasteiger partial charge >= 0.3 is 0 Å². The molecule has 3 N–H and O–H groups in total. The first-order valence-corrected chi connectivity index (χ1v) is 9.99. The van der Waals surface area contributed by atoms with E-state index in [1.54, 1.807) is 0 Å². The van der Waals surface area contributed by atoms with Crippen molar-refractivity contribution < 1.29 is 27.9 Å². The number of aromatic hydroxyl groups is 1. The summed E-state index contributed by atoms with van der Waals surface area (Å²) in [6.07, 6.45) is 0. The summed E-state index contributed by atoms with van der Waals surface area (Å²) in [4.78, 5) is 35.2. The molecule has 9 nitrogen and oxygen atoms in total. The number of phenolic OH excluding ortho intramolecular Hbond substituents is 1. The average molecular weight is 440 g/mol. The van der Waals surface area contributed by atoms with Gasteiger partial charge in [-0.05, 0) is 37.3 Å². The van der Waals surface area contributed by atoms with Gasteiger partial charge in [-0.2, -0.15) is 4.31 Å². The van der Waals surface area contributed by atoms with Gasteiger partial charge in [-0.25, -0.2) is 8.42 Å². The van der Waals surface area contributed by atoms with Crippen LogP contribution in [-0.4, -0.2) is 49.0 Å². The van der Waals surface area contributed by atoms with Gasteiger partial charge in [-0.1, -0.05) is 23.7 Å². The summed E-state index contributed by atoms with van der Waals surface area (Å²) in [5, 5.41) is 9.87. The number of nitrogens with one attached hydrogen (secondary N) is 2. The van der Waals surface area contributed by atoms with Crippen molar-refractivity contribution in [3.8, 4) is 5.75 Å². The molecule has 0 saturated heterocycles. The number of carbonyl (C=O) groups excluding carboxylic acids is 3. The summed E-state index contributed by atoms with van der Waals surface area (Å²) >= 11 is 5.76. The zero-order valence-electron chi connectivity index (χ0n) is 15.5. The summed E-state index contributed by atoms with van der Waals surface area (Å²) in [6, 6.07) is 9.10. The maximum Gasteiger partial charge on any atom is 0.273 e. The van der Waals surface area contributed by atoms with Gasteiger partial charge in [-0.15, -0.1) is 0 Å². The lowest BCUT2D eigenvalue weighted by molar-refractivity contribution is -0.121. The third kappa shape index (κ3) is 5.53. The molecule has 0 aromatic heterocycles. The Kier molecular flexibility index (Phi) is 6.96. The number of hydrogen-bond donors (Lipinski definition) is 3. The molecule has 154 valence electrons. The fraction of sp³-hybridized carbons (Fsp3) is 0.167. The molecule has 2 amide bonds. The Labute approximate surface area is 172 Å². The molecule has 0 bridgehead atoms. The molecule has 0 fully saturated rings. The second-order valence-electron chi connectivity index (χ2n) is 6.01. The van der Waals surface area contributed by atoms with Gasteiger partial charge in [0.25, 0.3) is 11.8 Å². The van der Waals surface area contributed by atoms with Crippen LogP contribution in [0.4, 0.5) is 0 Å². The number of benzene rings is 2. The molecule has 11 heteroatoms. The van der Waals surface area contributed by atoms with E-state index >= 15 is 0 Å². The number of ketones is 1. The molecule has 29 heavy (non-hydrogen) atoms. The van der Waals surface area contributed by atoms with Crippen LogP contribution < -0.4 is 10.9 Å². The summed E-state index contributed by atoms with van der Waals surface area (Å²) in [5.74, 6) is -2.19. The van der Waals surface area contributed by atoms with Crippen molar-refractivity contribution in [3.63, 3.8) is 0 Å². The first-order valence-electron chi connectivity index (χ1n) is 8.17. The first kappa shape index (κ1) is 22.3. The minimum Gasteiger partial charge on any atom is -0.507 e. The number of rotatable bonds is 6. The van der Waals surface area contributed by atoms with Crippen LogP contribution in [0, 0.1) is 0 Å². The van der Waals surface area contributed by atoms with Crippen molar-refractivity contribution in [2.75, 3.05) is 13.6 Å². The Morgan fingerprint density at radius 3 is 2.28 bits per heavy atom. The lowest BCUT2D eigenvalue weighted by Crippen LogP contribution is -2.46. The van der Waals surface area contributed by atoms with E-state index in [1.807, 2.05) is 0 Å². The monoisotopic (exact) mass is 439 g/mol. The zero-order valence-corrected chi connectivity index (χ0v) is 17.0. The van der Waals surface area contributed by atoms with E-state index in [2.05, 4.69) is 10.9 Å². The number of hydrazine groups is 1. The van der Waals surface area contributed by atoms with E-state index < -0.39 is 28.4 Å². The smallest absolute Gasteiger partial charge is 0.273 e. The Morgan fingerprint density at radius 2 is 1.69 bits per heavy atom. The largest absolute Gasteiger partial charge is 0.507 e. The highest BCUT2D eigenvalue weighted by molar-refractivity contribution is 7.89. The summed E-state index contributed by atoms with van der Waals surface area (Å²) < 4.78 is 25.8. The first-order chi connectivity index (χ1) is 13.5. The molecule has 0 aliphatic heterocycles. The summed E-state index contributed by atoms with van der Waals surface area (Å²) in [5.41, 5.74) is 4.32. The van der Waals surface area contributed by atoms with Gasteiger partial charge in [0.1, 0.15) is 5.75 Å². The molecular weight excluding hydrogens is 422 g/mol. The molecular formula is C18H18ClN3O6S. The van der Waals surface area contributed by atoms with Crippen LogP contribution in [0.2, 0.25) is 5.02 Å². The lowest BCUT2D eigenvalue weighted by Gasteiger charge is -2.17. The van der Waals surface area contributed by atoms with Crippen molar-refractivity contribution in [2.45, 2.75) is 11.8 Å². The normalized spacial score (nSPS) is 11.2. The van der Waals surface area contributed by atoms with Gasteiger partial charge in [-0.3, -0.25) is 25.2 Å². The Morgan fingerprint density at radius 1 is 1.07 bits per heavy atom. The Hall–Kier alpha value is -2.95. The highest BCUT2D eigenvalue weighted by Gasteiger charge is 2.23. The van der Waals surface area contributed by atoms with E-state index in [1.165, 1.54) is 56.4 Å². The van der Waals surface area contributed by atoms with Crippen LogP contribution in [-0.2, 0) is 14.8 Å². The van der Waals surface area contributed by atoms with E-state index in [-0.39, 0.29) is 27.0 Å². The molecule has 2 aromatic carbocycles. The molecule has 0 spiro atoms. The number of Topliss-reactive ketones (excluding diaryl/α,β-unsaturated/α-hetero) is 1. The van der Waals surface area contributed by atoms with Crippen LogP contribution in [0.3, 0.4) is 0 Å². The van der Waals surface area contributed by atoms with Crippen molar-refractivity contribution in [1.82, 2.24) is 15.2 Å². The minimum absolute atomic E-state index is 0.0920. The fourth-order valence-corrected chi connectivity index (χ4v) is 3.55. The van der Waals surface area contributed by atoms with Crippen LogP contribution in [0.25, 0.3) is 0 Å². The second-order valence-corrected chi connectivity index (χ2v) is 8.49. The number of phenols is 1. The summed E-state index contributed by atoms with van der Waals surface area (Å²) in [6.45, 7) is 0.774. The maximum absolute atomic E-state index is 12.5. The van der Waals surface area contributed by atoms with Crippen LogP contribution in [0.5, 0.6) is 5.75 Å². The Balaban J connectivity index is 1.99. The number of carbonyl (C=O) groups is 3. The molecule has 0 saturated carbocycles. The predicted octanol–water partition coefficient (Wildman–Crippen LogP) is 1.33. The quantitative estimate of drug-likeness (QED) is 0.459. The summed E-state index contributed by atoms with van der Waals surface area (Å²) in [7, 11) is -2.80. The standard InChI is InChI=1S/C18H18ClN3O6S/c1-11(23)12-3-6-14(7-4-12)29(27,28)22(2)10-17(25)20-21-18(26)15-9-13(19)5-8-16(15)24/h3-9,24H,10H2,1-2H3,(H,20,25)(H,21,26). The molecule has 0 radical (unpaired) electrons. The third-order valence-corrected chi connectivity index (χ3v) is 5.91. The molecule has 2 rings (SSSR count). The highest BCUT2D eigenvalue weighted by Crippen LogP contribution is 2.21. The second kappa shape index (κ2) is 9.03. The van der Waals surface area contributed by atoms with Gasteiger partial charge in [0.05, 0.1) is 17.0 Å². The predicted molar refractivity (Wildman–Crippen MR) is 105 cm³/mol. The lowest BCUT2D eigenvalue weighted by atomic mass is 10.2. The van der Waals surface area contributed by atoms with Gasteiger partial charge in [0.2, 0.25) is 10.0 Å². The van der Waals surface area contributed by atoms with Gasteiger partial charge in [0, 0.05) is 17.6 Å². The van der Waals surface area contributed by atoms with Crippen LogP contribution in [0.15, 0.2) is 47.4 Å². The maximum atomic E-state index is 12.5. The topological polar surface area (TPSA) is 133 Å². The van der Waals surface area contributed by atoms with Crippen LogP contribution in [0.1, 0.15) is 27.6 Å². The zero-order chi connectivity index (χ0) is 21.8. The number of hydrogen-bond acceptors (Lipinski definition) is 6. The van der Waals surface area contributed by atoms with Crippen molar-refractivity contribution in [2.24, 2.45) is 0 Å². The molecule has 0 atom stereocenters. The number of likely N-dealkylation sites (N-methyl/N-ethyl adjacent to an activating group) is 1. The van der Waals surface area contributed by atoms with E-state index in [0.717, 1.165) is 4.31 Å². The number of sulfonamides is 1. The SMILES string of the molecule is CC(=O)c1ccc(S(=O)(=O)N(C)CC(=O)NNC(=O)c2cc(Cl)ccc2O)cc1. The molecule has 0 aliphatic rings. The van der Waals surface area contributed by atoms with E-state index in [4.69, 9.17) is 11.6 Å². The molecule has 0 unspecified atom stereocenters. The van der Waals surface area contributed by atoms with Crippen molar-refractivity contribution in [1.29, 1.82) is 0 Å². The van der Waals surface area contributed by atoms with Crippen molar-refractivity contribution in [3.05, 3.63) is 58.6 Å². The Bertz CT molecular complexity index is 1050. The fourth-order valence-electron chi connectivity index (χ4n) is 2.25. The van der Waals surface area contributed by atoms with E-state index in [0.29, 0.717) is 5.56 Å². The minimum atomic E-state index is -3.99. The van der Waals surface area contributed by atoms with Crippen LogP contribution >= 0.6 is 11.6 Å². The third-order valence-electron chi connectivity index (χ3n) is 3.85. The molecule has 2 aromatic rings. The highest BCUT2D eigenvalue weighted by atomic mass is 35.5. The van der Waals surface area contributed by atoms with Gasteiger partial charge in [0.15, 0.2) is 5.78 Å². The average Bonchev–Trinajstić information content (AvgIpc) is 2.67. The molecule has 0 aliphatic carbocycles. The van der Waals surface area contributed by atoms with E-state index in [9.17, 15) is 27.9 Å². The van der Waals surface area contributed by atoms with Gasteiger partial charge < -0.3 is 5.11 Å². The number of amides is 2. The number of nitrogens with zero attached hydrogens (tertiary/aromatic N) is 1. The van der Waals surface area contributed by atoms with Crippen molar-refractivity contribution >= 4 is 39.2 Å². The number of halogens is 1. The molecule has 0 heterocycles.